The minimum atomic E-state index is -0.372. The van der Waals surface area contributed by atoms with Gasteiger partial charge in [-0.05, 0) is 44.4 Å². The summed E-state index contributed by atoms with van der Waals surface area (Å²) in [5, 5.41) is 0. The van der Waals surface area contributed by atoms with Crippen molar-refractivity contribution in [2.24, 2.45) is 17.4 Å². The van der Waals surface area contributed by atoms with Gasteiger partial charge in [-0.2, -0.15) is 0 Å². The molecule has 2 aliphatic rings. The molecular weight excluding hydrogens is 230 g/mol. The number of primary amides is 1. The van der Waals surface area contributed by atoms with E-state index in [1.807, 2.05) is 0 Å². The van der Waals surface area contributed by atoms with E-state index in [9.17, 15) is 9.59 Å². The average Bonchev–Trinajstić information content (AvgIpc) is 2.81. The van der Waals surface area contributed by atoms with Crippen LogP contribution in [0.25, 0.3) is 0 Å². The number of amides is 2. The standard InChI is InChI=1S/C13H23N3O2/c14-10-5-3-9(4-6-10)8-12(17)16-7-1-2-11(16)13(15)18/h9-11H,1-8,14H2,(H2,15,18). The smallest absolute Gasteiger partial charge is 0.240 e. The third-order valence-electron chi connectivity index (χ3n) is 4.26. The molecule has 1 atom stereocenters. The van der Waals surface area contributed by atoms with Gasteiger partial charge in [0.05, 0.1) is 0 Å². The highest BCUT2D eigenvalue weighted by Crippen LogP contribution is 2.28. The first-order valence-electron chi connectivity index (χ1n) is 6.92. The van der Waals surface area contributed by atoms with Crippen molar-refractivity contribution in [2.45, 2.75) is 57.0 Å². The lowest BCUT2D eigenvalue weighted by Crippen LogP contribution is -2.44. The van der Waals surface area contributed by atoms with Gasteiger partial charge in [0.2, 0.25) is 11.8 Å². The van der Waals surface area contributed by atoms with Crippen LogP contribution in [0.15, 0.2) is 0 Å². The summed E-state index contributed by atoms with van der Waals surface area (Å²) in [5.74, 6) is 0.162. The maximum Gasteiger partial charge on any atom is 0.240 e. The van der Waals surface area contributed by atoms with Crippen molar-refractivity contribution in [3.05, 3.63) is 0 Å². The Labute approximate surface area is 108 Å². The van der Waals surface area contributed by atoms with E-state index >= 15 is 0 Å². The molecule has 18 heavy (non-hydrogen) atoms. The molecule has 1 heterocycles. The van der Waals surface area contributed by atoms with Gasteiger partial charge >= 0.3 is 0 Å². The molecule has 102 valence electrons. The summed E-state index contributed by atoms with van der Waals surface area (Å²) in [7, 11) is 0. The molecule has 0 spiro atoms. The molecule has 0 aromatic carbocycles. The van der Waals surface area contributed by atoms with Crippen LogP contribution in [0.4, 0.5) is 0 Å². The molecule has 0 radical (unpaired) electrons. The summed E-state index contributed by atoms with van der Waals surface area (Å²) in [6.45, 7) is 0.679. The Balaban J connectivity index is 1.86. The molecule has 0 bridgehead atoms. The molecule has 1 unspecified atom stereocenters. The lowest BCUT2D eigenvalue weighted by atomic mass is 9.84. The Kier molecular flexibility index (Phi) is 4.22. The SMILES string of the molecule is NC(=O)C1CCCN1C(=O)CC1CCC(N)CC1. The quantitative estimate of drug-likeness (QED) is 0.761. The predicted octanol–water partition coefficient (Wildman–Crippen LogP) is 0.370. The summed E-state index contributed by atoms with van der Waals surface area (Å²) in [4.78, 5) is 25.1. The summed E-state index contributed by atoms with van der Waals surface area (Å²) >= 11 is 0. The Morgan fingerprint density at radius 3 is 2.39 bits per heavy atom. The van der Waals surface area contributed by atoms with Crippen LogP contribution in [-0.4, -0.2) is 35.3 Å². The molecule has 1 aliphatic carbocycles. The number of carbonyl (C=O) groups is 2. The molecule has 5 nitrogen and oxygen atoms in total. The third-order valence-corrected chi connectivity index (χ3v) is 4.26. The summed E-state index contributed by atoms with van der Waals surface area (Å²) in [6.07, 6.45) is 6.24. The molecule has 0 aromatic rings. The maximum absolute atomic E-state index is 12.2. The largest absolute Gasteiger partial charge is 0.368 e. The monoisotopic (exact) mass is 253 g/mol. The lowest BCUT2D eigenvalue weighted by Gasteiger charge is -2.28. The second kappa shape index (κ2) is 5.69. The Morgan fingerprint density at radius 2 is 1.78 bits per heavy atom. The molecule has 1 saturated carbocycles. The van der Waals surface area contributed by atoms with Gasteiger partial charge in [-0.3, -0.25) is 9.59 Å². The van der Waals surface area contributed by atoms with Crippen molar-refractivity contribution in [2.75, 3.05) is 6.54 Å². The van der Waals surface area contributed by atoms with E-state index in [4.69, 9.17) is 11.5 Å². The summed E-state index contributed by atoms with van der Waals surface area (Å²) < 4.78 is 0. The minimum absolute atomic E-state index is 0.0942. The molecule has 1 saturated heterocycles. The molecular formula is C13H23N3O2. The van der Waals surface area contributed by atoms with Crippen LogP contribution in [-0.2, 0) is 9.59 Å². The van der Waals surface area contributed by atoms with Crippen LogP contribution in [0.3, 0.4) is 0 Å². The van der Waals surface area contributed by atoms with Crippen LogP contribution < -0.4 is 11.5 Å². The Morgan fingerprint density at radius 1 is 1.11 bits per heavy atom. The predicted molar refractivity (Wildman–Crippen MR) is 68.5 cm³/mol. The van der Waals surface area contributed by atoms with Crippen molar-refractivity contribution in [3.63, 3.8) is 0 Å². The fraction of sp³-hybridized carbons (Fsp3) is 0.846. The summed E-state index contributed by atoms with van der Waals surface area (Å²) in [6, 6.07) is -0.0649. The van der Waals surface area contributed by atoms with E-state index in [2.05, 4.69) is 0 Å². The first kappa shape index (κ1) is 13.3. The molecule has 5 heteroatoms. The normalized spacial score (nSPS) is 32.5. The second-order valence-corrected chi connectivity index (χ2v) is 5.63. The number of nitrogens with two attached hydrogens (primary N) is 2. The van der Waals surface area contributed by atoms with Gasteiger partial charge in [0, 0.05) is 19.0 Å². The number of likely N-dealkylation sites (tertiary alicyclic amines) is 1. The van der Waals surface area contributed by atoms with Crippen LogP contribution in [0.1, 0.15) is 44.9 Å². The number of hydrogen-bond acceptors (Lipinski definition) is 3. The first-order chi connectivity index (χ1) is 8.58. The number of nitrogens with zero attached hydrogens (tertiary/aromatic N) is 1. The van der Waals surface area contributed by atoms with Gasteiger partial charge < -0.3 is 16.4 Å². The fourth-order valence-electron chi connectivity index (χ4n) is 3.12. The zero-order chi connectivity index (χ0) is 13.1. The van der Waals surface area contributed by atoms with E-state index < -0.39 is 0 Å². The van der Waals surface area contributed by atoms with E-state index in [0.29, 0.717) is 24.9 Å². The number of rotatable bonds is 3. The Bertz CT molecular complexity index is 324. The van der Waals surface area contributed by atoms with Gasteiger partial charge in [-0.25, -0.2) is 0 Å². The first-order valence-corrected chi connectivity index (χ1v) is 6.92. The van der Waals surface area contributed by atoms with Crippen molar-refractivity contribution in [3.8, 4) is 0 Å². The van der Waals surface area contributed by atoms with Gasteiger partial charge in [-0.1, -0.05) is 0 Å². The van der Waals surface area contributed by atoms with Crippen molar-refractivity contribution < 1.29 is 9.59 Å². The maximum atomic E-state index is 12.2. The molecule has 0 aromatic heterocycles. The van der Waals surface area contributed by atoms with Crippen molar-refractivity contribution in [1.29, 1.82) is 0 Å². The molecule has 2 rings (SSSR count). The van der Waals surface area contributed by atoms with Crippen LogP contribution in [0.5, 0.6) is 0 Å². The fourth-order valence-corrected chi connectivity index (χ4v) is 3.12. The Hall–Kier alpha value is -1.10. The second-order valence-electron chi connectivity index (χ2n) is 5.63. The van der Waals surface area contributed by atoms with E-state index in [1.54, 1.807) is 4.90 Å². The molecule has 1 aliphatic heterocycles. The highest BCUT2D eigenvalue weighted by Gasteiger charge is 2.33. The lowest BCUT2D eigenvalue weighted by molar-refractivity contribution is -0.138. The third kappa shape index (κ3) is 3.02. The van der Waals surface area contributed by atoms with Crippen LogP contribution in [0, 0.1) is 5.92 Å². The molecule has 4 N–H and O–H groups in total. The molecule has 2 amide bonds. The average molecular weight is 253 g/mol. The van der Waals surface area contributed by atoms with Crippen LogP contribution >= 0.6 is 0 Å². The van der Waals surface area contributed by atoms with E-state index in [0.717, 1.165) is 38.5 Å². The summed E-state index contributed by atoms with van der Waals surface area (Å²) in [5.41, 5.74) is 11.2. The highest BCUT2D eigenvalue weighted by molar-refractivity contribution is 5.87. The van der Waals surface area contributed by atoms with Gasteiger partial charge in [0.15, 0.2) is 0 Å². The topological polar surface area (TPSA) is 89.4 Å². The zero-order valence-corrected chi connectivity index (χ0v) is 10.8. The van der Waals surface area contributed by atoms with Crippen molar-refractivity contribution in [1.82, 2.24) is 4.90 Å². The van der Waals surface area contributed by atoms with Gasteiger partial charge in [0.25, 0.3) is 0 Å². The zero-order valence-electron chi connectivity index (χ0n) is 10.8. The number of carbonyl (C=O) groups excluding carboxylic acids is 2. The van der Waals surface area contributed by atoms with Gasteiger partial charge in [-0.15, -0.1) is 0 Å². The van der Waals surface area contributed by atoms with Gasteiger partial charge in [0.1, 0.15) is 6.04 Å². The number of hydrogen-bond donors (Lipinski definition) is 2. The van der Waals surface area contributed by atoms with E-state index in [1.165, 1.54) is 0 Å². The van der Waals surface area contributed by atoms with E-state index in [-0.39, 0.29) is 17.9 Å². The minimum Gasteiger partial charge on any atom is -0.368 e. The molecule has 2 fully saturated rings. The van der Waals surface area contributed by atoms with Crippen molar-refractivity contribution >= 4 is 11.8 Å². The highest BCUT2D eigenvalue weighted by atomic mass is 16.2. The van der Waals surface area contributed by atoms with Crippen LogP contribution in [0.2, 0.25) is 0 Å².